The molecule has 1 aromatic heterocycles. The Morgan fingerprint density at radius 2 is 2.29 bits per heavy atom. The van der Waals surface area contributed by atoms with Crippen LogP contribution in [0.1, 0.15) is 12.0 Å². The second kappa shape index (κ2) is 5.40. The predicted molar refractivity (Wildman–Crippen MR) is 60.9 cm³/mol. The Bertz CT molecular complexity index is 305. The van der Waals surface area contributed by atoms with Crippen molar-refractivity contribution in [2.75, 3.05) is 26.4 Å². The van der Waals surface area contributed by atoms with Gasteiger partial charge in [-0.3, -0.25) is 0 Å². The van der Waals surface area contributed by atoms with Crippen molar-refractivity contribution >= 4 is 11.9 Å². The number of hydrogen-bond donors (Lipinski definition) is 1. The molecule has 0 amide bonds. The van der Waals surface area contributed by atoms with Gasteiger partial charge in [0.05, 0.1) is 0 Å². The minimum atomic E-state index is 0.591. The molecule has 0 aliphatic carbocycles. The van der Waals surface area contributed by atoms with Crippen LogP contribution in [0.5, 0.6) is 0 Å². The third-order valence-electron chi connectivity index (χ3n) is 1.91. The van der Waals surface area contributed by atoms with Gasteiger partial charge in [0, 0.05) is 18.3 Å². The number of nitrogen functional groups attached to an aromatic ring is 1. The van der Waals surface area contributed by atoms with E-state index in [9.17, 15) is 0 Å². The van der Waals surface area contributed by atoms with Crippen molar-refractivity contribution in [3.05, 3.63) is 30.0 Å². The molecule has 0 aliphatic heterocycles. The maximum atomic E-state index is 5.69. The number of nitrogens with zero attached hydrogens (tertiary/aromatic N) is 2. The molecule has 0 radical (unpaired) electrons. The molecule has 76 valence electrons. The molecule has 1 rings (SSSR count). The van der Waals surface area contributed by atoms with Crippen molar-refractivity contribution in [1.29, 1.82) is 0 Å². The summed E-state index contributed by atoms with van der Waals surface area (Å²) >= 11 is 0. The molecule has 0 saturated carbocycles. The zero-order valence-corrected chi connectivity index (χ0v) is 8.77. The number of anilines is 1. The number of hydrogen-bond acceptors (Lipinski definition) is 3. The van der Waals surface area contributed by atoms with E-state index in [0.717, 1.165) is 18.5 Å². The summed E-state index contributed by atoms with van der Waals surface area (Å²) in [5, 5.41) is 0. The van der Waals surface area contributed by atoms with Gasteiger partial charge in [0.25, 0.3) is 0 Å². The highest BCUT2D eigenvalue weighted by Crippen LogP contribution is 2.09. The van der Waals surface area contributed by atoms with E-state index >= 15 is 0 Å². The Morgan fingerprint density at radius 1 is 1.50 bits per heavy atom. The zero-order valence-electron chi connectivity index (χ0n) is 8.77. The van der Waals surface area contributed by atoms with Crippen LogP contribution in [0, 0.1) is 0 Å². The minimum Gasteiger partial charge on any atom is -0.383 e. The molecule has 3 heteroatoms. The van der Waals surface area contributed by atoms with E-state index in [1.54, 1.807) is 6.20 Å². The van der Waals surface area contributed by atoms with Gasteiger partial charge in [-0.2, -0.15) is 0 Å². The van der Waals surface area contributed by atoms with Gasteiger partial charge in [-0.15, -0.1) is 0 Å². The van der Waals surface area contributed by atoms with Gasteiger partial charge < -0.3 is 10.6 Å². The molecule has 1 heterocycles. The van der Waals surface area contributed by atoms with Crippen molar-refractivity contribution in [3.8, 4) is 0 Å². The van der Waals surface area contributed by atoms with Gasteiger partial charge in [0.1, 0.15) is 5.82 Å². The molecule has 2 N–H and O–H groups in total. The minimum absolute atomic E-state index is 0.591. The molecule has 3 nitrogen and oxygen atoms in total. The highest BCUT2D eigenvalue weighted by atomic mass is 15.0. The molecule has 0 atom stereocenters. The van der Waals surface area contributed by atoms with Crippen molar-refractivity contribution in [2.45, 2.75) is 6.42 Å². The number of aromatic nitrogens is 1. The van der Waals surface area contributed by atoms with Gasteiger partial charge in [0.15, 0.2) is 0 Å². The van der Waals surface area contributed by atoms with E-state index in [4.69, 9.17) is 5.73 Å². The lowest BCUT2D eigenvalue weighted by Crippen LogP contribution is -2.11. The van der Waals surface area contributed by atoms with Crippen LogP contribution in [0.25, 0.3) is 6.08 Å². The molecule has 0 bridgehead atoms. The van der Waals surface area contributed by atoms with Crippen LogP contribution in [-0.2, 0) is 0 Å². The first-order valence-corrected chi connectivity index (χ1v) is 4.72. The highest BCUT2D eigenvalue weighted by molar-refractivity contribution is 5.60. The van der Waals surface area contributed by atoms with Gasteiger partial charge in [0.2, 0.25) is 0 Å². The Labute approximate surface area is 85.3 Å². The largest absolute Gasteiger partial charge is 0.383 e. The molecule has 0 saturated heterocycles. The molecule has 0 fully saturated rings. The first-order chi connectivity index (χ1) is 6.70. The topological polar surface area (TPSA) is 42.2 Å². The Morgan fingerprint density at radius 3 is 2.93 bits per heavy atom. The van der Waals surface area contributed by atoms with Crippen LogP contribution in [0.2, 0.25) is 0 Å². The molecule has 0 unspecified atom stereocenters. The maximum absolute atomic E-state index is 5.69. The predicted octanol–water partition coefficient (Wildman–Crippen LogP) is 1.63. The fraction of sp³-hybridized carbons (Fsp3) is 0.364. The van der Waals surface area contributed by atoms with Gasteiger partial charge >= 0.3 is 0 Å². The average molecular weight is 191 g/mol. The van der Waals surface area contributed by atoms with Crippen molar-refractivity contribution in [2.24, 2.45) is 0 Å². The maximum Gasteiger partial charge on any atom is 0.130 e. The summed E-state index contributed by atoms with van der Waals surface area (Å²) in [6, 6.07) is 3.86. The lowest BCUT2D eigenvalue weighted by atomic mass is 10.2. The quantitative estimate of drug-likeness (QED) is 0.786. The third-order valence-corrected chi connectivity index (χ3v) is 1.91. The van der Waals surface area contributed by atoms with E-state index in [0.29, 0.717) is 5.82 Å². The molecule has 0 spiro atoms. The van der Waals surface area contributed by atoms with E-state index < -0.39 is 0 Å². The van der Waals surface area contributed by atoms with Crippen molar-refractivity contribution in [3.63, 3.8) is 0 Å². The van der Waals surface area contributed by atoms with Crippen LogP contribution in [-0.4, -0.2) is 30.5 Å². The summed E-state index contributed by atoms with van der Waals surface area (Å²) in [5.74, 6) is 0.591. The first-order valence-electron chi connectivity index (χ1n) is 4.72. The van der Waals surface area contributed by atoms with Crippen molar-refractivity contribution < 1.29 is 0 Å². The second-order valence-corrected chi connectivity index (χ2v) is 3.47. The smallest absolute Gasteiger partial charge is 0.130 e. The Balaban J connectivity index is 2.48. The molecule has 0 aromatic carbocycles. The van der Waals surface area contributed by atoms with Crippen LogP contribution in [0.4, 0.5) is 5.82 Å². The zero-order chi connectivity index (χ0) is 10.4. The van der Waals surface area contributed by atoms with Crippen LogP contribution < -0.4 is 5.73 Å². The summed E-state index contributed by atoms with van der Waals surface area (Å²) in [4.78, 5) is 6.16. The van der Waals surface area contributed by atoms with E-state index in [1.807, 2.05) is 18.2 Å². The van der Waals surface area contributed by atoms with Crippen LogP contribution >= 0.6 is 0 Å². The van der Waals surface area contributed by atoms with E-state index in [2.05, 4.69) is 30.1 Å². The molecular formula is C11H17N3. The molecule has 14 heavy (non-hydrogen) atoms. The molecule has 0 aliphatic rings. The standard InChI is InChI=1S/C11H17N3/c1-14(2)9-4-3-6-10-7-5-8-13-11(10)12/h3,5-8H,4,9H2,1-2H3,(H2,12,13). The lowest BCUT2D eigenvalue weighted by molar-refractivity contribution is 0.417. The molecular weight excluding hydrogens is 174 g/mol. The van der Waals surface area contributed by atoms with E-state index in [1.165, 1.54) is 0 Å². The summed E-state index contributed by atoms with van der Waals surface area (Å²) in [6.07, 6.45) is 6.87. The normalized spacial score (nSPS) is 11.4. The molecule has 1 aromatic rings. The van der Waals surface area contributed by atoms with Crippen molar-refractivity contribution in [1.82, 2.24) is 9.88 Å². The number of pyridine rings is 1. The monoisotopic (exact) mass is 191 g/mol. The third kappa shape index (κ3) is 3.58. The summed E-state index contributed by atoms with van der Waals surface area (Å²) in [5.41, 5.74) is 6.68. The summed E-state index contributed by atoms with van der Waals surface area (Å²) < 4.78 is 0. The SMILES string of the molecule is CN(C)CCC=Cc1cccnc1N. The second-order valence-electron chi connectivity index (χ2n) is 3.47. The fourth-order valence-corrected chi connectivity index (χ4v) is 1.11. The van der Waals surface area contributed by atoms with Crippen LogP contribution in [0.3, 0.4) is 0 Å². The highest BCUT2D eigenvalue weighted by Gasteiger charge is 1.92. The summed E-state index contributed by atoms with van der Waals surface area (Å²) in [6.45, 7) is 1.05. The van der Waals surface area contributed by atoms with Gasteiger partial charge in [-0.25, -0.2) is 4.98 Å². The van der Waals surface area contributed by atoms with E-state index in [-0.39, 0.29) is 0 Å². The fourth-order valence-electron chi connectivity index (χ4n) is 1.11. The number of nitrogens with two attached hydrogens (primary N) is 1. The average Bonchev–Trinajstić information content (AvgIpc) is 2.15. The first kappa shape index (κ1) is 10.7. The summed E-state index contributed by atoms with van der Waals surface area (Å²) in [7, 11) is 4.12. The Kier molecular flexibility index (Phi) is 4.13. The van der Waals surface area contributed by atoms with Gasteiger partial charge in [-0.05, 0) is 32.6 Å². The van der Waals surface area contributed by atoms with Gasteiger partial charge in [-0.1, -0.05) is 12.2 Å². The lowest BCUT2D eigenvalue weighted by Gasteiger charge is -2.05. The Hall–Kier alpha value is -1.35. The van der Waals surface area contributed by atoms with Crippen LogP contribution in [0.15, 0.2) is 24.4 Å². The number of rotatable bonds is 4.